The fraction of sp³-hybridized carbons (Fsp3) is 0.385. The number of nitrogens with zero attached hydrogens (tertiary/aromatic N) is 5. The topological polar surface area (TPSA) is 94.8 Å². The van der Waals surface area contributed by atoms with Gasteiger partial charge in [-0.25, -0.2) is 9.37 Å². The zero-order valence-electron chi connectivity index (χ0n) is 20.8. The van der Waals surface area contributed by atoms with Gasteiger partial charge in [0.1, 0.15) is 11.6 Å². The number of carbonyl (C=O) groups is 2. The van der Waals surface area contributed by atoms with E-state index in [1.54, 1.807) is 29.2 Å². The molecule has 0 atom stereocenters. The Kier molecular flexibility index (Phi) is 7.40. The first-order valence-electron chi connectivity index (χ1n) is 12.5. The van der Waals surface area contributed by atoms with Crippen molar-refractivity contribution in [1.29, 1.82) is 0 Å². The monoisotopic (exact) mass is 546 g/mol. The van der Waals surface area contributed by atoms with Crippen LogP contribution in [0.2, 0.25) is 0 Å². The van der Waals surface area contributed by atoms with Crippen molar-refractivity contribution in [2.75, 3.05) is 54.4 Å². The molecule has 206 valence electrons. The van der Waals surface area contributed by atoms with Gasteiger partial charge in [0.2, 0.25) is 12.2 Å². The van der Waals surface area contributed by atoms with Gasteiger partial charge in [0.15, 0.2) is 5.69 Å². The molecular weight excluding hydrogens is 520 g/mol. The number of aromatic nitrogens is 2. The first-order chi connectivity index (χ1) is 18.7. The maximum Gasteiger partial charge on any atom is 0.437 e. The number of nitrogens with one attached hydrogen (secondary N) is 1. The van der Waals surface area contributed by atoms with Crippen molar-refractivity contribution < 1.29 is 31.6 Å². The number of anilines is 3. The summed E-state index contributed by atoms with van der Waals surface area (Å²) in [6.07, 6.45) is -1.78. The van der Waals surface area contributed by atoms with Crippen LogP contribution in [-0.2, 0) is 11.0 Å². The molecule has 2 amide bonds. The van der Waals surface area contributed by atoms with Crippen LogP contribution in [0.15, 0.2) is 47.0 Å². The van der Waals surface area contributed by atoms with Crippen LogP contribution in [0, 0.1) is 5.82 Å². The summed E-state index contributed by atoms with van der Waals surface area (Å²) in [6, 6.07) is 9.32. The zero-order valence-corrected chi connectivity index (χ0v) is 20.8. The van der Waals surface area contributed by atoms with Gasteiger partial charge in [-0.2, -0.15) is 18.2 Å². The maximum atomic E-state index is 14.2. The predicted octanol–water partition coefficient (Wildman–Crippen LogP) is 4.14. The maximum absolute atomic E-state index is 14.2. The molecule has 0 unspecified atom stereocenters. The summed E-state index contributed by atoms with van der Waals surface area (Å²) < 4.78 is 60.8. The van der Waals surface area contributed by atoms with Crippen molar-refractivity contribution >= 4 is 29.8 Å². The van der Waals surface area contributed by atoms with Crippen molar-refractivity contribution in [1.82, 2.24) is 14.9 Å². The SMILES string of the molecule is O=CN1CCN(c2ccc(NC(=O)c3oc(N4CCC(c5ccccc5F)CC4)nc3C(F)(F)F)cn2)CC1. The first kappa shape index (κ1) is 26.4. The van der Waals surface area contributed by atoms with Gasteiger partial charge < -0.3 is 24.4 Å². The number of alkyl halides is 3. The van der Waals surface area contributed by atoms with E-state index in [4.69, 9.17) is 4.42 Å². The Balaban J connectivity index is 1.27. The molecule has 2 aliphatic rings. The lowest BCUT2D eigenvalue weighted by atomic mass is 9.89. The normalized spacial score (nSPS) is 16.9. The van der Waals surface area contributed by atoms with Crippen LogP contribution in [0.5, 0.6) is 0 Å². The minimum absolute atomic E-state index is 0.0772. The van der Waals surface area contributed by atoms with Crippen LogP contribution in [0.1, 0.15) is 40.6 Å². The summed E-state index contributed by atoms with van der Waals surface area (Å²) in [7, 11) is 0. The van der Waals surface area contributed by atoms with Crippen molar-refractivity contribution in [2.45, 2.75) is 24.9 Å². The number of piperazine rings is 1. The molecule has 13 heteroatoms. The third-order valence-electron chi connectivity index (χ3n) is 6.99. The lowest BCUT2D eigenvalue weighted by Crippen LogP contribution is -2.46. The Labute approximate surface area is 221 Å². The van der Waals surface area contributed by atoms with E-state index >= 15 is 0 Å². The highest BCUT2D eigenvalue weighted by atomic mass is 19.4. The average molecular weight is 547 g/mol. The lowest BCUT2D eigenvalue weighted by molar-refractivity contribution is -0.141. The Morgan fingerprint density at radius 1 is 1.00 bits per heavy atom. The quantitative estimate of drug-likeness (QED) is 0.367. The predicted molar refractivity (Wildman–Crippen MR) is 134 cm³/mol. The van der Waals surface area contributed by atoms with E-state index in [1.165, 1.54) is 23.2 Å². The van der Waals surface area contributed by atoms with Gasteiger partial charge in [0.25, 0.3) is 11.9 Å². The van der Waals surface area contributed by atoms with E-state index in [1.807, 2.05) is 4.90 Å². The number of oxazole rings is 1. The molecule has 39 heavy (non-hydrogen) atoms. The summed E-state index contributed by atoms with van der Waals surface area (Å²) in [5.74, 6) is -1.81. The molecule has 2 aliphatic heterocycles. The minimum Gasteiger partial charge on any atom is -0.417 e. The van der Waals surface area contributed by atoms with E-state index in [9.17, 15) is 27.2 Å². The number of hydrogen-bond acceptors (Lipinski definition) is 7. The van der Waals surface area contributed by atoms with Crippen LogP contribution >= 0.6 is 0 Å². The number of rotatable bonds is 6. The van der Waals surface area contributed by atoms with Gasteiger partial charge >= 0.3 is 6.18 Å². The van der Waals surface area contributed by atoms with E-state index in [0.29, 0.717) is 63.5 Å². The largest absolute Gasteiger partial charge is 0.437 e. The van der Waals surface area contributed by atoms with Crippen molar-refractivity contribution in [3.05, 3.63) is 65.4 Å². The molecule has 1 aromatic carbocycles. The highest BCUT2D eigenvalue weighted by molar-refractivity contribution is 6.03. The van der Waals surface area contributed by atoms with E-state index < -0.39 is 23.5 Å². The van der Waals surface area contributed by atoms with E-state index in [-0.39, 0.29) is 23.4 Å². The lowest BCUT2D eigenvalue weighted by Gasteiger charge is -2.33. The van der Waals surface area contributed by atoms with Crippen LogP contribution < -0.4 is 15.1 Å². The number of halogens is 4. The van der Waals surface area contributed by atoms with Gasteiger partial charge in [-0.15, -0.1) is 0 Å². The van der Waals surface area contributed by atoms with Gasteiger partial charge in [0, 0.05) is 39.3 Å². The van der Waals surface area contributed by atoms with Gasteiger partial charge in [0.05, 0.1) is 11.9 Å². The highest BCUT2D eigenvalue weighted by Crippen LogP contribution is 2.37. The molecule has 4 heterocycles. The smallest absolute Gasteiger partial charge is 0.417 e. The fourth-order valence-corrected chi connectivity index (χ4v) is 4.87. The summed E-state index contributed by atoms with van der Waals surface area (Å²) in [5, 5.41) is 2.40. The number of piperidine rings is 1. The number of amides is 2. The standard InChI is InChI=1S/C26H26F4N6O3/c27-20-4-2-1-3-19(20)17-7-9-36(10-8-17)25-33-23(26(28,29)30)22(39-25)24(38)32-18-5-6-21(31-15-18)35-13-11-34(16-37)12-14-35/h1-6,15-17H,7-14H2,(H,32,38). The molecule has 2 saturated heterocycles. The summed E-state index contributed by atoms with van der Waals surface area (Å²) in [6.45, 7) is 2.88. The van der Waals surface area contributed by atoms with Gasteiger partial charge in [-0.1, -0.05) is 18.2 Å². The molecule has 0 spiro atoms. The minimum atomic E-state index is -4.91. The Morgan fingerprint density at radius 2 is 1.72 bits per heavy atom. The Morgan fingerprint density at radius 3 is 2.33 bits per heavy atom. The second-order valence-electron chi connectivity index (χ2n) is 9.44. The summed E-state index contributed by atoms with van der Waals surface area (Å²) in [5.41, 5.74) is -0.653. The van der Waals surface area contributed by atoms with Crippen molar-refractivity contribution in [3.63, 3.8) is 0 Å². The summed E-state index contributed by atoms with van der Waals surface area (Å²) >= 11 is 0. The number of benzene rings is 1. The van der Waals surface area contributed by atoms with E-state index in [2.05, 4.69) is 15.3 Å². The number of hydrogen-bond donors (Lipinski definition) is 1. The molecule has 5 rings (SSSR count). The molecule has 3 aromatic rings. The molecule has 0 radical (unpaired) electrons. The molecule has 0 aliphatic carbocycles. The molecule has 0 saturated carbocycles. The van der Waals surface area contributed by atoms with Crippen LogP contribution in [0.25, 0.3) is 0 Å². The second kappa shape index (κ2) is 10.9. The van der Waals surface area contributed by atoms with Crippen LogP contribution in [0.3, 0.4) is 0 Å². The molecule has 1 N–H and O–H groups in total. The fourth-order valence-electron chi connectivity index (χ4n) is 4.87. The highest BCUT2D eigenvalue weighted by Gasteiger charge is 2.42. The molecule has 9 nitrogen and oxygen atoms in total. The Hall–Kier alpha value is -4.16. The number of pyridine rings is 1. The third-order valence-corrected chi connectivity index (χ3v) is 6.99. The van der Waals surface area contributed by atoms with Crippen molar-refractivity contribution in [2.24, 2.45) is 0 Å². The van der Waals surface area contributed by atoms with Crippen LogP contribution in [0.4, 0.5) is 35.1 Å². The first-order valence-corrected chi connectivity index (χ1v) is 12.5. The van der Waals surface area contributed by atoms with Gasteiger partial charge in [-0.05, 0) is 42.5 Å². The zero-order chi connectivity index (χ0) is 27.6. The van der Waals surface area contributed by atoms with Gasteiger partial charge in [-0.3, -0.25) is 9.59 Å². The molecule has 0 bridgehead atoms. The second-order valence-corrected chi connectivity index (χ2v) is 9.44. The molecule has 2 aromatic heterocycles. The van der Waals surface area contributed by atoms with Crippen LogP contribution in [-0.4, -0.2) is 66.5 Å². The third kappa shape index (κ3) is 5.81. The summed E-state index contributed by atoms with van der Waals surface area (Å²) in [4.78, 5) is 36.8. The van der Waals surface area contributed by atoms with E-state index in [0.717, 1.165) is 6.41 Å². The van der Waals surface area contributed by atoms with Crippen molar-refractivity contribution in [3.8, 4) is 0 Å². The average Bonchev–Trinajstić information content (AvgIpc) is 3.41. The molecular formula is C26H26F4N6O3. The Bertz CT molecular complexity index is 1310. The molecule has 2 fully saturated rings. The number of carbonyl (C=O) groups excluding carboxylic acids is 2.